The molecule has 1 aromatic carbocycles. The Morgan fingerprint density at radius 2 is 1.93 bits per heavy atom. The third kappa shape index (κ3) is 4.43. The molecule has 3 aromatic rings. The number of nitrogens with zero attached hydrogens (tertiary/aromatic N) is 3. The summed E-state index contributed by atoms with van der Waals surface area (Å²) in [6.45, 7) is 0.608. The predicted octanol–water partition coefficient (Wildman–Crippen LogP) is 3.36. The van der Waals surface area contributed by atoms with Crippen LogP contribution in [0.2, 0.25) is 0 Å². The Hall–Kier alpha value is -2.09. The molecule has 2 aromatic heterocycles. The first-order valence-electron chi connectivity index (χ1n) is 8.36. The minimum Gasteiger partial charge on any atom is -0.368 e. The first-order chi connectivity index (χ1) is 12.0. The molecule has 1 fully saturated rings. The fourth-order valence-electron chi connectivity index (χ4n) is 3.36. The van der Waals surface area contributed by atoms with Gasteiger partial charge in [0, 0.05) is 41.7 Å². The summed E-state index contributed by atoms with van der Waals surface area (Å²) in [5.41, 5.74) is 14.6. The number of benzene rings is 1. The fraction of sp³-hybridized carbons (Fsp3) is 0.333. The number of nitrogens with two attached hydrogens (primary N) is 2. The molecule has 0 saturated heterocycles. The van der Waals surface area contributed by atoms with Crippen LogP contribution in [0.5, 0.6) is 0 Å². The van der Waals surface area contributed by atoms with Gasteiger partial charge in [0.25, 0.3) is 0 Å². The Bertz CT molecular complexity index is 925. The SMILES string of the molecule is CN(Cc1cc2cc(F)ccc2[nH]1)c1cc(C2CC(N)C2)nc(N)n1.Cl.Cl. The van der Waals surface area contributed by atoms with Gasteiger partial charge in [-0.3, -0.25) is 0 Å². The summed E-state index contributed by atoms with van der Waals surface area (Å²) in [7, 11) is 1.95. The smallest absolute Gasteiger partial charge is 0.222 e. The molecule has 0 unspecified atom stereocenters. The standard InChI is InChI=1S/C18H21FN6.2ClH/c1-25(9-14-7-10-4-12(19)2-3-15(10)22-14)17-8-16(23-18(21)24-17)11-5-13(20)6-11;;/h2-4,7-8,11,13,22H,5-6,9,20H2,1H3,(H2,21,23,24);2*1H. The van der Waals surface area contributed by atoms with Crippen molar-refractivity contribution in [2.75, 3.05) is 17.7 Å². The normalized spacial score (nSPS) is 18.3. The highest BCUT2D eigenvalue weighted by Crippen LogP contribution is 2.35. The molecule has 0 amide bonds. The molecule has 4 rings (SSSR count). The lowest BCUT2D eigenvalue weighted by Crippen LogP contribution is -2.35. The molecule has 1 saturated carbocycles. The zero-order chi connectivity index (χ0) is 17.6. The Balaban J connectivity index is 0.00000131. The van der Waals surface area contributed by atoms with E-state index in [2.05, 4.69) is 15.0 Å². The third-order valence-corrected chi connectivity index (χ3v) is 4.78. The number of nitrogen functional groups attached to an aromatic ring is 1. The van der Waals surface area contributed by atoms with Gasteiger partial charge in [0.2, 0.25) is 5.95 Å². The monoisotopic (exact) mass is 412 g/mol. The quantitative estimate of drug-likeness (QED) is 0.610. The molecule has 0 atom stereocenters. The van der Waals surface area contributed by atoms with Gasteiger partial charge in [-0.25, -0.2) is 9.37 Å². The lowest BCUT2D eigenvalue weighted by Gasteiger charge is -2.32. The summed E-state index contributed by atoms with van der Waals surface area (Å²) < 4.78 is 13.3. The zero-order valence-electron chi connectivity index (χ0n) is 14.9. The molecule has 0 radical (unpaired) electrons. The van der Waals surface area contributed by atoms with Gasteiger partial charge in [0.1, 0.15) is 11.6 Å². The Kier molecular flexibility index (Phi) is 6.51. The number of H-pyrrole nitrogens is 1. The average Bonchev–Trinajstić information content (AvgIpc) is 2.92. The lowest BCUT2D eigenvalue weighted by atomic mass is 9.78. The highest BCUT2D eigenvalue weighted by Gasteiger charge is 2.29. The maximum Gasteiger partial charge on any atom is 0.222 e. The van der Waals surface area contributed by atoms with Crippen LogP contribution >= 0.6 is 24.8 Å². The van der Waals surface area contributed by atoms with E-state index in [1.807, 2.05) is 24.1 Å². The van der Waals surface area contributed by atoms with Crippen LogP contribution in [0.3, 0.4) is 0 Å². The molecule has 0 bridgehead atoms. The minimum absolute atomic E-state index is 0. The van der Waals surface area contributed by atoms with Crippen molar-refractivity contribution in [1.82, 2.24) is 15.0 Å². The molecule has 1 aliphatic carbocycles. The summed E-state index contributed by atoms with van der Waals surface area (Å²) in [6, 6.07) is 8.91. The maximum atomic E-state index is 13.3. The molecule has 0 spiro atoms. The molecule has 0 aliphatic heterocycles. The minimum atomic E-state index is -0.238. The van der Waals surface area contributed by atoms with E-state index in [0.29, 0.717) is 12.5 Å². The first kappa shape index (κ1) is 21.2. The van der Waals surface area contributed by atoms with Gasteiger partial charge in [-0.2, -0.15) is 4.98 Å². The molecule has 146 valence electrons. The van der Waals surface area contributed by atoms with E-state index in [4.69, 9.17) is 11.5 Å². The number of aromatic amines is 1. The highest BCUT2D eigenvalue weighted by atomic mass is 35.5. The van der Waals surface area contributed by atoms with Gasteiger partial charge in [-0.15, -0.1) is 24.8 Å². The Morgan fingerprint density at radius 1 is 1.19 bits per heavy atom. The van der Waals surface area contributed by atoms with Crippen LogP contribution in [-0.4, -0.2) is 28.0 Å². The number of hydrogen-bond donors (Lipinski definition) is 3. The number of fused-ring (bicyclic) bond motifs is 1. The summed E-state index contributed by atoms with van der Waals surface area (Å²) in [5.74, 6) is 1.17. The number of rotatable bonds is 4. The second-order valence-electron chi connectivity index (χ2n) is 6.82. The number of anilines is 2. The Labute approximate surface area is 169 Å². The fourth-order valence-corrected chi connectivity index (χ4v) is 3.36. The van der Waals surface area contributed by atoms with Crippen molar-refractivity contribution in [2.24, 2.45) is 5.73 Å². The van der Waals surface area contributed by atoms with Crippen molar-refractivity contribution in [3.05, 3.63) is 47.5 Å². The summed E-state index contributed by atoms with van der Waals surface area (Å²) in [4.78, 5) is 14.0. The highest BCUT2D eigenvalue weighted by molar-refractivity contribution is 5.85. The van der Waals surface area contributed by atoms with E-state index in [0.717, 1.165) is 41.0 Å². The van der Waals surface area contributed by atoms with Crippen LogP contribution in [0.15, 0.2) is 30.3 Å². The van der Waals surface area contributed by atoms with Crippen molar-refractivity contribution < 1.29 is 4.39 Å². The van der Waals surface area contributed by atoms with Crippen molar-refractivity contribution >= 4 is 47.5 Å². The summed E-state index contributed by atoms with van der Waals surface area (Å²) in [5, 5.41) is 0.856. The van der Waals surface area contributed by atoms with E-state index in [1.54, 1.807) is 6.07 Å². The van der Waals surface area contributed by atoms with Crippen LogP contribution < -0.4 is 16.4 Å². The van der Waals surface area contributed by atoms with Gasteiger partial charge in [-0.05, 0) is 37.1 Å². The second kappa shape index (κ2) is 8.29. The van der Waals surface area contributed by atoms with Crippen molar-refractivity contribution in [3.8, 4) is 0 Å². The summed E-state index contributed by atoms with van der Waals surface area (Å²) in [6.07, 6.45) is 1.88. The van der Waals surface area contributed by atoms with Crippen LogP contribution in [0.4, 0.5) is 16.2 Å². The van der Waals surface area contributed by atoms with E-state index in [-0.39, 0.29) is 42.6 Å². The van der Waals surface area contributed by atoms with Gasteiger partial charge in [0.15, 0.2) is 0 Å². The molecular formula is C18H23Cl2FN6. The molecule has 1 aliphatic rings. The second-order valence-corrected chi connectivity index (χ2v) is 6.82. The number of halogens is 3. The lowest BCUT2D eigenvalue weighted by molar-refractivity contribution is 0.345. The molecular weight excluding hydrogens is 390 g/mol. The van der Waals surface area contributed by atoms with E-state index in [1.165, 1.54) is 12.1 Å². The van der Waals surface area contributed by atoms with Crippen LogP contribution in [0.1, 0.15) is 30.1 Å². The van der Waals surface area contributed by atoms with Gasteiger partial charge in [-0.1, -0.05) is 0 Å². The van der Waals surface area contributed by atoms with Crippen molar-refractivity contribution in [2.45, 2.75) is 31.3 Å². The van der Waals surface area contributed by atoms with Crippen molar-refractivity contribution in [3.63, 3.8) is 0 Å². The topological polar surface area (TPSA) is 96.8 Å². The zero-order valence-corrected chi connectivity index (χ0v) is 16.5. The van der Waals surface area contributed by atoms with Crippen LogP contribution in [-0.2, 0) is 6.54 Å². The number of nitrogens with one attached hydrogen (secondary N) is 1. The molecule has 5 N–H and O–H groups in total. The van der Waals surface area contributed by atoms with Crippen molar-refractivity contribution in [1.29, 1.82) is 0 Å². The number of hydrogen-bond acceptors (Lipinski definition) is 5. The van der Waals surface area contributed by atoms with E-state index < -0.39 is 0 Å². The Morgan fingerprint density at radius 3 is 2.63 bits per heavy atom. The first-order valence-corrected chi connectivity index (χ1v) is 8.36. The summed E-state index contributed by atoms with van der Waals surface area (Å²) >= 11 is 0. The van der Waals surface area contributed by atoms with E-state index in [9.17, 15) is 4.39 Å². The average molecular weight is 413 g/mol. The van der Waals surface area contributed by atoms with Crippen LogP contribution in [0.25, 0.3) is 10.9 Å². The van der Waals surface area contributed by atoms with E-state index >= 15 is 0 Å². The van der Waals surface area contributed by atoms with Gasteiger partial charge < -0.3 is 21.4 Å². The molecule has 6 nitrogen and oxygen atoms in total. The van der Waals surface area contributed by atoms with Gasteiger partial charge >= 0.3 is 0 Å². The number of aromatic nitrogens is 3. The molecule has 2 heterocycles. The molecule has 27 heavy (non-hydrogen) atoms. The maximum absolute atomic E-state index is 13.3. The molecule has 9 heteroatoms. The predicted molar refractivity (Wildman–Crippen MR) is 111 cm³/mol. The largest absolute Gasteiger partial charge is 0.368 e. The van der Waals surface area contributed by atoms with Gasteiger partial charge in [0.05, 0.1) is 12.2 Å². The van der Waals surface area contributed by atoms with Crippen LogP contribution in [0, 0.1) is 5.82 Å². The third-order valence-electron chi connectivity index (χ3n) is 4.78.